The van der Waals surface area contributed by atoms with E-state index in [1.54, 1.807) is 31.2 Å². The summed E-state index contributed by atoms with van der Waals surface area (Å²) in [6, 6.07) is 13.0. The number of amides is 2. The summed E-state index contributed by atoms with van der Waals surface area (Å²) in [4.78, 5) is 24.2. The maximum Gasteiger partial charge on any atom is 0.251 e. The van der Waals surface area contributed by atoms with E-state index < -0.39 is 10.0 Å². The first kappa shape index (κ1) is 22.0. The molecule has 1 unspecified atom stereocenters. The second kappa shape index (κ2) is 9.40. The fraction of sp³-hybridized carbons (Fsp3) is 0.364. The highest BCUT2D eigenvalue weighted by atomic mass is 32.2. The molecule has 1 fully saturated rings. The number of nitrogens with one attached hydrogen (secondary N) is 3. The van der Waals surface area contributed by atoms with E-state index in [9.17, 15) is 18.0 Å². The van der Waals surface area contributed by atoms with E-state index >= 15 is 0 Å². The van der Waals surface area contributed by atoms with E-state index in [4.69, 9.17) is 0 Å². The molecule has 0 bridgehead atoms. The lowest BCUT2D eigenvalue weighted by Gasteiger charge is -2.15. The number of carbonyl (C=O) groups is 2. The highest BCUT2D eigenvalue weighted by molar-refractivity contribution is 7.89. The van der Waals surface area contributed by atoms with Gasteiger partial charge in [-0.15, -0.1) is 0 Å². The lowest BCUT2D eigenvalue weighted by molar-refractivity contribution is -0.115. The second-order valence-corrected chi connectivity index (χ2v) is 9.31. The van der Waals surface area contributed by atoms with Crippen molar-refractivity contribution >= 4 is 27.5 Å². The average molecular weight is 430 g/mol. The Morgan fingerprint density at radius 1 is 1.10 bits per heavy atom. The zero-order valence-electron chi connectivity index (χ0n) is 17.1. The minimum atomic E-state index is -3.63. The molecular weight excluding hydrogens is 402 g/mol. The zero-order valence-corrected chi connectivity index (χ0v) is 18.0. The summed E-state index contributed by atoms with van der Waals surface area (Å²) >= 11 is 0. The van der Waals surface area contributed by atoms with Gasteiger partial charge in [-0.1, -0.05) is 25.1 Å². The standard InChI is InChI=1S/C22H27N3O4S/c1-3-21(26)25-19-11-9-17(10-12-19)15(2)24-22(27)18-5-4-6-20(13-18)30(28,29)23-14-16-7-8-16/h4-6,9-13,15-16,23H,3,7-8,14H2,1-2H3,(H,24,27)(H,25,26). The van der Waals surface area contributed by atoms with E-state index in [-0.39, 0.29) is 28.3 Å². The molecular formula is C22H27N3O4S. The number of anilines is 1. The molecule has 1 aliphatic rings. The van der Waals surface area contributed by atoms with Crippen LogP contribution in [0, 0.1) is 5.92 Å². The molecule has 2 aromatic carbocycles. The van der Waals surface area contributed by atoms with Crippen molar-refractivity contribution in [1.29, 1.82) is 0 Å². The van der Waals surface area contributed by atoms with Crippen molar-refractivity contribution in [3.05, 3.63) is 59.7 Å². The van der Waals surface area contributed by atoms with E-state index in [2.05, 4.69) is 15.4 Å². The van der Waals surface area contributed by atoms with Gasteiger partial charge in [-0.2, -0.15) is 0 Å². The average Bonchev–Trinajstić information content (AvgIpc) is 3.57. The van der Waals surface area contributed by atoms with Crippen molar-refractivity contribution in [2.24, 2.45) is 5.92 Å². The van der Waals surface area contributed by atoms with Crippen LogP contribution < -0.4 is 15.4 Å². The van der Waals surface area contributed by atoms with Crippen molar-refractivity contribution in [2.75, 3.05) is 11.9 Å². The van der Waals surface area contributed by atoms with Crippen LogP contribution in [0.15, 0.2) is 53.4 Å². The summed E-state index contributed by atoms with van der Waals surface area (Å²) in [5, 5.41) is 5.66. The maximum atomic E-state index is 12.7. The molecule has 160 valence electrons. The minimum Gasteiger partial charge on any atom is -0.346 e. The van der Waals surface area contributed by atoms with Crippen LogP contribution in [0.4, 0.5) is 5.69 Å². The largest absolute Gasteiger partial charge is 0.346 e. The Balaban J connectivity index is 1.64. The summed E-state index contributed by atoms with van der Waals surface area (Å²) < 4.78 is 27.5. The molecule has 1 saturated carbocycles. The highest BCUT2D eigenvalue weighted by Gasteiger charge is 2.24. The van der Waals surface area contributed by atoms with E-state index in [1.807, 2.05) is 19.1 Å². The Kier molecular flexibility index (Phi) is 6.89. The topological polar surface area (TPSA) is 104 Å². The number of hydrogen-bond donors (Lipinski definition) is 3. The van der Waals surface area contributed by atoms with Gasteiger partial charge in [-0.25, -0.2) is 13.1 Å². The predicted molar refractivity (Wildman–Crippen MR) is 116 cm³/mol. The molecule has 1 atom stereocenters. The van der Waals surface area contributed by atoms with Gasteiger partial charge in [0, 0.05) is 24.2 Å². The van der Waals surface area contributed by atoms with Gasteiger partial charge in [0.05, 0.1) is 10.9 Å². The molecule has 0 radical (unpaired) electrons. The summed E-state index contributed by atoms with van der Waals surface area (Å²) in [5.74, 6) is 0.00412. The zero-order chi connectivity index (χ0) is 21.7. The molecule has 0 aliphatic heterocycles. The van der Waals surface area contributed by atoms with Crippen LogP contribution >= 0.6 is 0 Å². The normalized spacial score (nSPS) is 14.7. The summed E-state index contributed by atoms with van der Waals surface area (Å²) in [6.07, 6.45) is 2.50. The quantitative estimate of drug-likeness (QED) is 0.569. The fourth-order valence-electron chi connectivity index (χ4n) is 2.91. The van der Waals surface area contributed by atoms with Gasteiger partial charge in [0.15, 0.2) is 0 Å². The molecule has 0 heterocycles. The van der Waals surface area contributed by atoms with Gasteiger partial charge < -0.3 is 10.6 Å². The van der Waals surface area contributed by atoms with Gasteiger partial charge in [-0.3, -0.25) is 9.59 Å². The van der Waals surface area contributed by atoms with Crippen LogP contribution in [0.3, 0.4) is 0 Å². The third-order valence-corrected chi connectivity index (χ3v) is 6.45. The Morgan fingerprint density at radius 3 is 2.43 bits per heavy atom. The van der Waals surface area contributed by atoms with Crippen molar-refractivity contribution in [3.8, 4) is 0 Å². The van der Waals surface area contributed by atoms with Gasteiger partial charge in [0.1, 0.15) is 0 Å². The second-order valence-electron chi connectivity index (χ2n) is 7.54. The number of hydrogen-bond acceptors (Lipinski definition) is 4. The number of carbonyl (C=O) groups excluding carboxylic acids is 2. The number of benzene rings is 2. The number of rotatable bonds is 9. The summed E-state index contributed by atoms with van der Waals surface area (Å²) in [6.45, 7) is 4.06. The Hall–Kier alpha value is -2.71. The van der Waals surface area contributed by atoms with Crippen molar-refractivity contribution in [1.82, 2.24) is 10.0 Å². The van der Waals surface area contributed by atoms with Gasteiger partial charge in [0.25, 0.3) is 5.91 Å². The molecule has 1 aliphatic carbocycles. The minimum absolute atomic E-state index is 0.0643. The summed E-state index contributed by atoms with van der Waals surface area (Å²) in [7, 11) is -3.63. The van der Waals surface area contributed by atoms with Crippen LogP contribution in [0.5, 0.6) is 0 Å². The molecule has 7 nitrogen and oxygen atoms in total. The number of sulfonamides is 1. The SMILES string of the molecule is CCC(=O)Nc1ccc(C(C)NC(=O)c2cccc(S(=O)(=O)NCC3CC3)c2)cc1. The lowest BCUT2D eigenvalue weighted by atomic mass is 10.1. The van der Waals surface area contributed by atoms with Crippen LogP contribution in [0.25, 0.3) is 0 Å². The van der Waals surface area contributed by atoms with Crippen molar-refractivity contribution < 1.29 is 18.0 Å². The maximum absolute atomic E-state index is 12.7. The molecule has 3 rings (SSSR count). The molecule has 0 aromatic heterocycles. The van der Waals surface area contributed by atoms with Crippen molar-refractivity contribution in [2.45, 2.75) is 44.0 Å². The van der Waals surface area contributed by atoms with E-state index in [0.29, 0.717) is 24.6 Å². The fourth-order valence-corrected chi connectivity index (χ4v) is 4.07. The van der Waals surface area contributed by atoms with Gasteiger partial charge in [0.2, 0.25) is 15.9 Å². The highest BCUT2D eigenvalue weighted by Crippen LogP contribution is 2.28. The van der Waals surface area contributed by atoms with Crippen LogP contribution in [-0.2, 0) is 14.8 Å². The molecule has 30 heavy (non-hydrogen) atoms. The third-order valence-electron chi connectivity index (χ3n) is 5.03. The molecule has 8 heteroatoms. The first-order chi connectivity index (χ1) is 14.3. The first-order valence-electron chi connectivity index (χ1n) is 10.1. The first-order valence-corrected chi connectivity index (χ1v) is 11.6. The smallest absolute Gasteiger partial charge is 0.251 e. The molecule has 3 N–H and O–H groups in total. The van der Waals surface area contributed by atoms with Crippen LogP contribution in [0.2, 0.25) is 0 Å². The Bertz CT molecular complexity index is 1010. The van der Waals surface area contributed by atoms with E-state index in [0.717, 1.165) is 18.4 Å². The Labute approximate surface area is 177 Å². The van der Waals surface area contributed by atoms with E-state index in [1.165, 1.54) is 12.1 Å². The monoisotopic (exact) mass is 429 g/mol. The predicted octanol–water partition coefficient (Wildman–Crippen LogP) is 3.21. The van der Waals surface area contributed by atoms with Gasteiger partial charge in [-0.05, 0) is 61.6 Å². The van der Waals surface area contributed by atoms with Crippen LogP contribution in [0.1, 0.15) is 55.1 Å². The van der Waals surface area contributed by atoms with Gasteiger partial charge >= 0.3 is 0 Å². The molecule has 2 aromatic rings. The molecule has 0 saturated heterocycles. The molecule has 2 amide bonds. The lowest BCUT2D eigenvalue weighted by Crippen LogP contribution is -2.28. The molecule has 0 spiro atoms. The van der Waals surface area contributed by atoms with Crippen LogP contribution in [-0.4, -0.2) is 26.8 Å². The summed E-state index contributed by atoms with van der Waals surface area (Å²) in [5.41, 5.74) is 1.84. The van der Waals surface area contributed by atoms with Crippen molar-refractivity contribution in [3.63, 3.8) is 0 Å². The Morgan fingerprint density at radius 2 is 1.80 bits per heavy atom. The third kappa shape index (κ3) is 5.90.